The lowest BCUT2D eigenvalue weighted by molar-refractivity contribution is 0.156. The summed E-state index contributed by atoms with van der Waals surface area (Å²) < 4.78 is 29.4. The van der Waals surface area contributed by atoms with Crippen LogP contribution in [-0.4, -0.2) is 14.2 Å². The van der Waals surface area contributed by atoms with E-state index in [1.807, 2.05) is 25.1 Å². The third-order valence-corrected chi connectivity index (χ3v) is 3.93. The van der Waals surface area contributed by atoms with Gasteiger partial charge in [-0.3, -0.25) is 9.13 Å². The first kappa shape index (κ1) is 15.4. The van der Waals surface area contributed by atoms with Crippen molar-refractivity contribution in [3.8, 4) is 0 Å². The van der Waals surface area contributed by atoms with Crippen LogP contribution in [0.15, 0.2) is 47.3 Å². The highest BCUT2D eigenvalue weighted by Gasteiger charge is 2.17. The number of hydrogen-bond donors (Lipinski definition) is 1. The zero-order valence-corrected chi connectivity index (χ0v) is 12.5. The monoisotopic (exact) mass is 318 g/mol. The number of para-hydroxylation sites is 2. The number of benzene rings is 2. The van der Waals surface area contributed by atoms with Crippen LogP contribution in [0.5, 0.6) is 0 Å². The smallest absolute Gasteiger partial charge is 0.329 e. The van der Waals surface area contributed by atoms with Gasteiger partial charge >= 0.3 is 5.69 Å². The fourth-order valence-corrected chi connectivity index (χ4v) is 2.75. The maximum atomic E-state index is 13.3. The number of halogens is 2. The molecule has 1 unspecified atom stereocenters. The molecule has 3 rings (SSSR count). The summed E-state index contributed by atoms with van der Waals surface area (Å²) in [5, 5.41) is 10.3. The predicted molar refractivity (Wildman–Crippen MR) is 83.2 cm³/mol. The number of nitrogens with zero attached hydrogens (tertiary/aromatic N) is 2. The average molecular weight is 318 g/mol. The Bertz CT molecular complexity index is 915. The normalized spacial score (nSPS) is 12.7. The van der Waals surface area contributed by atoms with Gasteiger partial charge in [0.1, 0.15) is 0 Å². The standard InChI is InChI=1S/C17H16F2N2O2/c1-2-20-14-5-3-4-6-15(14)21(17(20)23)10-16(22)11-7-8-12(18)13(19)9-11/h3-9,16,22H,2,10H2,1H3. The molecule has 0 fully saturated rings. The van der Waals surface area contributed by atoms with E-state index in [9.17, 15) is 18.7 Å². The number of aromatic nitrogens is 2. The minimum atomic E-state index is -1.11. The van der Waals surface area contributed by atoms with E-state index in [1.54, 1.807) is 10.6 Å². The first-order chi connectivity index (χ1) is 11.0. The molecule has 1 heterocycles. The second-order valence-electron chi connectivity index (χ2n) is 5.32. The van der Waals surface area contributed by atoms with Gasteiger partial charge in [-0.15, -0.1) is 0 Å². The largest absolute Gasteiger partial charge is 0.387 e. The molecule has 1 aromatic heterocycles. The quantitative estimate of drug-likeness (QED) is 0.804. The van der Waals surface area contributed by atoms with E-state index in [1.165, 1.54) is 10.6 Å². The second-order valence-corrected chi connectivity index (χ2v) is 5.32. The summed E-state index contributed by atoms with van der Waals surface area (Å²) >= 11 is 0. The van der Waals surface area contributed by atoms with Crippen molar-refractivity contribution < 1.29 is 13.9 Å². The van der Waals surface area contributed by atoms with Gasteiger partial charge in [0, 0.05) is 6.54 Å². The number of fused-ring (bicyclic) bond motifs is 1. The van der Waals surface area contributed by atoms with Gasteiger partial charge in [-0.1, -0.05) is 18.2 Å². The van der Waals surface area contributed by atoms with Crippen molar-refractivity contribution in [3.05, 3.63) is 70.1 Å². The van der Waals surface area contributed by atoms with Crippen molar-refractivity contribution in [3.63, 3.8) is 0 Å². The van der Waals surface area contributed by atoms with Crippen LogP contribution in [0.25, 0.3) is 11.0 Å². The number of aryl methyl sites for hydroxylation is 1. The predicted octanol–water partition coefficient (Wildman–Crippen LogP) is 2.83. The van der Waals surface area contributed by atoms with Gasteiger partial charge in [0.2, 0.25) is 0 Å². The van der Waals surface area contributed by atoms with Gasteiger partial charge in [-0.2, -0.15) is 0 Å². The van der Waals surface area contributed by atoms with Crippen LogP contribution >= 0.6 is 0 Å². The summed E-state index contributed by atoms with van der Waals surface area (Å²) in [6.45, 7) is 2.34. The molecule has 0 radical (unpaired) electrons. The molecule has 6 heteroatoms. The molecule has 0 aliphatic rings. The molecule has 4 nitrogen and oxygen atoms in total. The van der Waals surface area contributed by atoms with Crippen molar-refractivity contribution in [2.45, 2.75) is 26.1 Å². The van der Waals surface area contributed by atoms with E-state index in [0.717, 1.165) is 17.6 Å². The number of aliphatic hydroxyl groups is 1. The number of hydrogen-bond acceptors (Lipinski definition) is 2. The average Bonchev–Trinajstić information content (AvgIpc) is 2.82. The summed E-state index contributed by atoms with van der Waals surface area (Å²) in [7, 11) is 0. The van der Waals surface area contributed by atoms with Crippen molar-refractivity contribution in [1.29, 1.82) is 0 Å². The Morgan fingerprint density at radius 3 is 2.30 bits per heavy atom. The molecule has 0 spiro atoms. The van der Waals surface area contributed by atoms with Crippen molar-refractivity contribution >= 4 is 11.0 Å². The summed E-state index contributed by atoms with van der Waals surface area (Å²) in [4.78, 5) is 12.5. The fourth-order valence-electron chi connectivity index (χ4n) is 2.75. The topological polar surface area (TPSA) is 47.2 Å². The molecule has 23 heavy (non-hydrogen) atoms. The third kappa shape index (κ3) is 2.66. The van der Waals surface area contributed by atoms with Crippen LogP contribution in [0.3, 0.4) is 0 Å². The molecule has 0 aliphatic carbocycles. The summed E-state index contributed by atoms with van der Waals surface area (Å²) in [6, 6.07) is 10.5. The van der Waals surface area contributed by atoms with Gasteiger partial charge < -0.3 is 5.11 Å². The molecular formula is C17H16F2N2O2. The second kappa shape index (κ2) is 5.96. The van der Waals surface area contributed by atoms with E-state index in [4.69, 9.17) is 0 Å². The number of imidazole rings is 1. The molecule has 0 aliphatic heterocycles. The van der Waals surface area contributed by atoms with Crippen molar-refractivity contribution in [2.75, 3.05) is 0 Å². The molecule has 0 saturated heterocycles. The SMILES string of the molecule is CCn1c(=O)n(CC(O)c2ccc(F)c(F)c2)c2ccccc21. The van der Waals surface area contributed by atoms with Gasteiger partial charge in [0.25, 0.3) is 0 Å². The first-order valence-corrected chi connectivity index (χ1v) is 7.34. The minimum absolute atomic E-state index is 0.0303. The molecular weight excluding hydrogens is 302 g/mol. The van der Waals surface area contributed by atoms with Crippen molar-refractivity contribution in [1.82, 2.24) is 9.13 Å². The maximum Gasteiger partial charge on any atom is 0.329 e. The zero-order chi connectivity index (χ0) is 16.6. The molecule has 120 valence electrons. The van der Waals surface area contributed by atoms with E-state index in [2.05, 4.69) is 0 Å². The van der Waals surface area contributed by atoms with Crippen LogP contribution in [0.1, 0.15) is 18.6 Å². The molecule has 1 atom stereocenters. The van der Waals surface area contributed by atoms with Crippen molar-refractivity contribution in [2.24, 2.45) is 0 Å². The molecule has 2 aromatic carbocycles. The zero-order valence-electron chi connectivity index (χ0n) is 12.5. The van der Waals surface area contributed by atoms with E-state index < -0.39 is 17.7 Å². The Morgan fingerprint density at radius 1 is 1.04 bits per heavy atom. The number of rotatable bonds is 4. The van der Waals surface area contributed by atoms with E-state index in [0.29, 0.717) is 12.1 Å². The highest BCUT2D eigenvalue weighted by atomic mass is 19.2. The Morgan fingerprint density at radius 2 is 1.70 bits per heavy atom. The number of aliphatic hydroxyl groups excluding tert-OH is 1. The highest BCUT2D eigenvalue weighted by Crippen LogP contribution is 2.20. The van der Waals surface area contributed by atoms with Crippen LogP contribution in [0, 0.1) is 11.6 Å². The minimum Gasteiger partial charge on any atom is -0.387 e. The van der Waals surface area contributed by atoms with Crippen LogP contribution in [-0.2, 0) is 13.1 Å². The van der Waals surface area contributed by atoms with Gasteiger partial charge in [0.15, 0.2) is 11.6 Å². The molecule has 0 saturated carbocycles. The lowest BCUT2D eigenvalue weighted by atomic mass is 10.1. The van der Waals surface area contributed by atoms with Gasteiger partial charge in [-0.05, 0) is 36.8 Å². The highest BCUT2D eigenvalue weighted by molar-refractivity contribution is 5.76. The third-order valence-electron chi connectivity index (χ3n) is 3.93. The maximum absolute atomic E-state index is 13.3. The molecule has 0 bridgehead atoms. The molecule has 0 amide bonds. The van der Waals surface area contributed by atoms with Crippen LogP contribution in [0.2, 0.25) is 0 Å². The van der Waals surface area contributed by atoms with E-state index in [-0.39, 0.29) is 17.8 Å². The lowest BCUT2D eigenvalue weighted by Crippen LogP contribution is -2.26. The van der Waals surface area contributed by atoms with Gasteiger partial charge in [0.05, 0.1) is 23.7 Å². The molecule has 1 N–H and O–H groups in total. The summed E-state index contributed by atoms with van der Waals surface area (Å²) in [5.74, 6) is -1.99. The Kier molecular flexibility index (Phi) is 4.00. The summed E-state index contributed by atoms with van der Waals surface area (Å²) in [6.07, 6.45) is -1.11. The Hall–Kier alpha value is -2.47. The first-order valence-electron chi connectivity index (χ1n) is 7.34. The summed E-state index contributed by atoms with van der Waals surface area (Å²) in [5.41, 5.74) is 1.46. The molecule has 3 aromatic rings. The van der Waals surface area contributed by atoms with Crippen LogP contribution in [0.4, 0.5) is 8.78 Å². The fraction of sp³-hybridized carbons (Fsp3) is 0.235. The Labute approximate surface area is 131 Å². The van der Waals surface area contributed by atoms with Crippen LogP contribution < -0.4 is 5.69 Å². The lowest BCUT2D eigenvalue weighted by Gasteiger charge is -2.12. The van der Waals surface area contributed by atoms with E-state index >= 15 is 0 Å². The Balaban J connectivity index is 2.02. The van der Waals surface area contributed by atoms with Gasteiger partial charge in [-0.25, -0.2) is 13.6 Å².